The van der Waals surface area contributed by atoms with E-state index in [4.69, 9.17) is 16.3 Å². The van der Waals surface area contributed by atoms with Crippen molar-refractivity contribution in [1.29, 1.82) is 0 Å². The van der Waals surface area contributed by atoms with E-state index in [0.29, 0.717) is 11.3 Å². The molecule has 0 saturated carbocycles. The molecule has 1 aliphatic heterocycles. The second kappa shape index (κ2) is 4.37. The van der Waals surface area contributed by atoms with Crippen molar-refractivity contribution in [2.24, 2.45) is 0 Å². The van der Waals surface area contributed by atoms with Gasteiger partial charge in [-0.15, -0.1) is 0 Å². The summed E-state index contributed by atoms with van der Waals surface area (Å²) in [7, 11) is 1.54. The third-order valence-electron chi connectivity index (χ3n) is 2.72. The third kappa shape index (κ3) is 1.94. The lowest BCUT2D eigenvalue weighted by Gasteiger charge is -2.16. The van der Waals surface area contributed by atoms with Gasteiger partial charge in [-0.25, -0.2) is 4.39 Å². The van der Waals surface area contributed by atoms with Crippen LogP contribution in [0.4, 0.5) is 4.39 Å². The first kappa shape index (κ1) is 10.7. The van der Waals surface area contributed by atoms with E-state index in [-0.39, 0.29) is 16.9 Å². The van der Waals surface area contributed by atoms with Crippen molar-refractivity contribution in [1.82, 2.24) is 5.32 Å². The Bertz CT molecular complexity index is 364. The minimum Gasteiger partial charge on any atom is -0.496 e. The van der Waals surface area contributed by atoms with Crippen LogP contribution in [0.5, 0.6) is 5.75 Å². The van der Waals surface area contributed by atoms with E-state index in [1.54, 1.807) is 13.2 Å². The molecule has 0 amide bonds. The molecule has 1 unspecified atom stereocenters. The molecule has 1 saturated heterocycles. The summed E-state index contributed by atoms with van der Waals surface area (Å²) in [5.74, 6) is 0.201. The highest BCUT2D eigenvalue weighted by Crippen LogP contribution is 2.35. The van der Waals surface area contributed by atoms with Gasteiger partial charge >= 0.3 is 0 Å². The van der Waals surface area contributed by atoms with E-state index >= 15 is 0 Å². The van der Waals surface area contributed by atoms with Crippen molar-refractivity contribution in [3.63, 3.8) is 0 Å². The van der Waals surface area contributed by atoms with Gasteiger partial charge in [-0.05, 0) is 31.5 Å². The normalized spacial score (nSPS) is 20.6. The highest BCUT2D eigenvalue weighted by Gasteiger charge is 2.24. The van der Waals surface area contributed by atoms with Gasteiger partial charge in [0.25, 0.3) is 0 Å². The quantitative estimate of drug-likeness (QED) is 0.842. The first-order valence-electron chi connectivity index (χ1n) is 4.99. The van der Waals surface area contributed by atoms with Crippen molar-refractivity contribution in [3.8, 4) is 5.75 Å². The van der Waals surface area contributed by atoms with Crippen LogP contribution in [0, 0.1) is 5.82 Å². The summed E-state index contributed by atoms with van der Waals surface area (Å²) in [5, 5.41) is 3.39. The number of benzene rings is 1. The second-order valence-corrected chi connectivity index (χ2v) is 4.03. The summed E-state index contributed by atoms with van der Waals surface area (Å²) in [6.07, 6.45) is 1.98. The number of rotatable bonds is 2. The van der Waals surface area contributed by atoms with Crippen molar-refractivity contribution < 1.29 is 9.13 Å². The Balaban J connectivity index is 2.45. The molecule has 1 heterocycles. The zero-order valence-corrected chi connectivity index (χ0v) is 9.27. The van der Waals surface area contributed by atoms with Gasteiger partial charge in [0.1, 0.15) is 11.6 Å². The predicted octanol–water partition coefficient (Wildman–Crippen LogP) is 2.91. The van der Waals surface area contributed by atoms with E-state index in [1.807, 2.05) is 0 Å². The number of methoxy groups -OCH3 is 1. The molecule has 15 heavy (non-hydrogen) atoms. The van der Waals surface area contributed by atoms with Crippen LogP contribution in [0.25, 0.3) is 0 Å². The first-order chi connectivity index (χ1) is 7.24. The molecule has 0 aromatic heterocycles. The van der Waals surface area contributed by atoms with Crippen molar-refractivity contribution in [2.75, 3.05) is 13.7 Å². The lowest BCUT2D eigenvalue weighted by molar-refractivity contribution is 0.396. The number of ether oxygens (including phenoxy) is 1. The summed E-state index contributed by atoms with van der Waals surface area (Å²) in [6, 6.07) is 3.26. The van der Waals surface area contributed by atoms with Crippen molar-refractivity contribution in [2.45, 2.75) is 18.9 Å². The number of hydrogen-bond donors (Lipinski definition) is 1. The summed E-state index contributed by atoms with van der Waals surface area (Å²) in [5.41, 5.74) is 0.558. The second-order valence-electron chi connectivity index (χ2n) is 3.63. The Labute approximate surface area is 93.4 Å². The lowest BCUT2D eigenvalue weighted by atomic mass is 10.0. The molecule has 0 aliphatic carbocycles. The Morgan fingerprint density at radius 3 is 2.93 bits per heavy atom. The fourth-order valence-electron chi connectivity index (χ4n) is 1.98. The van der Waals surface area contributed by atoms with Gasteiger partial charge in [0, 0.05) is 11.6 Å². The zero-order valence-electron chi connectivity index (χ0n) is 8.52. The van der Waals surface area contributed by atoms with Gasteiger partial charge in [-0.2, -0.15) is 0 Å². The lowest BCUT2D eigenvalue weighted by Crippen LogP contribution is -2.15. The monoisotopic (exact) mass is 229 g/mol. The number of halogens is 2. The van der Waals surface area contributed by atoms with E-state index in [2.05, 4.69) is 5.32 Å². The summed E-state index contributed by atoms with van der Waals surface area (Å²) < 4.78 is 19.0. The third-order valence-corrected chi connectivity index (χ3v) is 3.01. The van der Waals surface area contributed by atoms with E-state index < -0.39 is 0 Å². The van der Waals surface area contributed by atoms with E-state index in [0.717, 1.165) is 19.4 Å². The zero-order chi connectivity index (χ0) is 10.8. The average molecular weight is 230 g/mol. The van der Waals surface area contributed by atoms with Gasteiger partial charge < -0.3 is 10.1 Å². The molecule has 1 aromatic rings. The van der Waals surface area contributed by atoms with Crippen molar-refractivity contribution in [3.05, 3.63) is 28.5 Å². The molecule has 0 spiro atoms. The maximum atomic E-state index is 13.8. The smallest absolute Gasteiger partial charge is 0.150 e. The molecular formula is C11H13ClFNO. The fourth-order valence-corrected chi connectivity index (χ4v) is 2.15. The van der Waals surface area contributed by atoms with Crippen LogP contribution in [-0.2, 0) is 0 Å². The maximum Gasteiger partial charge on any atom is 0.150 e. The van der Waals surface area contributed by atoms with Crippen LogP contribution in [0.2, 0.25) is 5.02 Å². The van der Waals surface area contributed by atoms with E-state index in [9.17, 15) is 4.39 Å². The molecule has 0 bridgehead atoms. The number of hydrogen-bond acceptors (Lipinski definition) is 2. The Morgan fingerprint density at radius 2 is 2.33 bits per heavy atom. The molecule has 1 aliphatic rings. The minimum absolute atomic E-state index is 0.0265. The Hall–Kier alpha value is -0.800. The highest BCUT2D eigenvalue weighted by atomic mass is 35.5. The van der Waals surface area contributed by atoms with E-state index in [1.165, 1.54) is 6.07 Å². The van der Waals surface area contributed by atoms with Gasteiger partial charge in [0.05, 0.1) is 12.1 Å². The molecule has 82 valence electrons. The first-order valence-corrected chi connectivity index (χ1v) is 5.37. The molecule has 0 radical (unpaired) electrons. The van der Waals surface area contributed by atoms with Gasteiger partial charge in [-0.3, -0.25) is 0 Å². The summed E-state index contributed by atoms with van der Waals surface area (Å²) >= 11 is 5.76. The van der Waals surface area contributed by atoms with Crippen LogP contribution >= 0.6 is 11.6 Å². The summed E-state index contributed by atoms with van der Waals surface area (Å²) in [4.78, 5) is 0. The van der Waals surface area contributed by atoms with Crippen LogP contribution in [0.3, 0.4) is 0 Å². The van der Waals surface area contributed by atoms with Crippen LogP contribution in [-0.4, -0.2) is 13.7 Å². The van der Waals surface area contributed by atoms with Crippen molar-refractivity contribution >= 4 is 11.6 Å². The molecule has 1 fully saturated rings. The molecule has 4 heteroatoms. The minimum atomic E-state index is -0.365. The summed E-state index contributed by atoms with van der Waals surface area (Å²) in [6.45, 7) is 0.916. The standard InChI is InChI=1S/C11H13ClFNO/c1-15-9-5-4-7(12)11(13)10(9)8-3-2-6-14-8/h4-5,8,14H,2-3,6H2,1H3. The van der Waals surface area contributed by atoms with Crippen LogP contribution in [0.1, 0.15) is 24.4 Å². The predicted molar refractivity (Wildman–Crippen MR) is 57.9 cm³/mol. The topological polar surface area (TPSA) is 21.3 Å². The fraction of sp³-hybridized carbons (Fsp3) is 0.455. The molecule has 1 N–H and O–H groups in total. The van der Waals surface area contributed by atoms with Gasteiger partial charge in [0.15, 0.2) is 0 Å². The Morgan fingerprint density at radius 1 is 1.53 bits per heavy atom. The van der Waals surface area contributed by atoms with Crippen LogP contribution < -0.4 is 10.1 Å². The molecule has 2 nitrogen and oxygen atoms in total. The van der Waals surface area contributed by atoms with Gasteiger partial charge in [0.2, 0.25) is 0 Å². The van der Waals surface area contributed by atoms with Crippen LogP contribution in [0.15, 0.2) is 12.1 Å². The average Bonchev–Trinajstić information content (AvgIpc) is 2.75. The molecule has 2 rings (SSSR count). The largest absolute Gasteiger partial charge is 0.496 e. The molecule has 1 aromatic carbocycles. The highest BCUT2D eigenvalue weighted by molar-refractivity contribution is 6.30. The molecular weight excluding hydrogens is 217 g/mol. The Kier molecular flexibility index (Phi) is 3.12. The SMILES string of the molecule is COc1ccc(Cl)c(F)c1C1CCCN1. The van der Waals surface area contributed by atoms with Gasteiger partial charge in [-0.1, -0.05) is 11.6 Å². The number of nitrogens with one attached hydrogen (secondary N) is 1. The molecule has 1 atom stereocenters. The maximum absolute atomic E-state index is 13.8.